The van der Waals surface area contributed by atoms with Crippen LogP contribution in [0.2, 0.25) is 0 Å². The fraction of sp³-hybridized carbons (Fsp3) is 0.263. The maximum absolute atomic E-state index is 13.2. The smallest absolute Gasteiger partial charge is 0.317 e. The van der Waals surface area contributed by atoms with E-state index in [2.05, 4.69) is 4.98 Å². The lowest BCUT2D eigenvalue weighted by molar-refractivity contribution is -0.148. The van der Waals surface area contributed by atoms with Crippen molar-refractivity contribution in [3.05, 3.63) is 52.6 Å². The second kappa shape index (κ2) is 6.80. The Labute approximate surface area is 149 Å². The molecule has 2 aromatic heterocycles. The number of carbonyl (C=O) groups is 1. The first-order valence-corrected chi connectivity index (χ1v) is 8.84. The number of thiophene rings is 1. The van der Waals surface area contributed by atoms with E-state index in [-0.39, 0.29) is 11.8 Å². The highest BCUT2D eigenvalue weighted by Gasteiger charge is 2.38. The predicted molar refractivity (Wildman–Crippen MR) is 94.9 cm³/mol. The van der Waals surface area contributed by atoms with Gasteiger partial charge in [-0.3, -0.25) is 4.79 Å². The number of benzene rings is 1. The molecule has 6 heteroatoms. The summed E-state index contributed by atoms with van der Waals surface area (Å²) in [5.41, 5.74) is 1.01. The summed E-state index contributed by atoms with van der Waals surface area (Å²) < 4.78 is 24.3. The number of hydrogen-bond donors (Lipinski definition) is 0. The quantitative estimate of drug-likeness (QED) is 0.598. The summed E-state index contributed by atoms with van der Waals surface area (Å²) in [7, 11) is 0. The van der Waals surface area contributed by atoms with Crippen LogP contribution in [0.25, 0.3) is 22.8 Å². The average molecular weight is 359 g/mol. The van der Waals surface area contributed by atoms with Crippen molar-refractivity contribution in [2.24, 2.45) is 0 Å². The molecule has 0 saturated carbocycles. The fourth-order valence-corrected chi connectivity index (χ4v) is 3.09. The molecule has 3 rings (SSSR count). The highest BCUT2D eigenvalue weighted by molar-refractivity contribution is 7.08. The van der Waals surface area contributed by atoms with E-state index in [1.54, 1.807) is 32.9 Å². The van der Waals surface area contributed by atoms with Gasteiger partial charge in [-0.25, -0.2) is 9.37 Å². The molecule has 0 bridgehead atoms. The minimum absolute atomic E-state index is 0.290. The van der Waals surface area contributed by atoms with Crippen molar-refractivity contribution in [2.45, 2.75) is 26.2 Å². The third kappa shape index (κ3) is 3.35. The molecule has 0 aliphatic rings. The Balaban J connectivity index is 2.13. The molecule has 130 valence electrons. The third-order valence-electron chi connectivity index (χ3n) is 3.88. The number of hydrogen-bond acceptors (Lipinski definition) is 5. The summed E-state index contributed by atoms with van der Waals surface area (Å²) in [6.07, 6.45) is 0. The normalized spacial score (nSPS) is 11.5. The molecule has 1 aromatic carbocycles. The van der Waals surface area contributed by atoms with Crippen LogP contribution in [0.3, 0.4) is 0 Å². The summed E-state index contributed by atoms with van der Waals surface area (Å²) >= 11 is 1.53. The van der Waals surface area contributed by atoms with E-state index in [4.69, 9.17) is 9.15 Å². The lowest BCUT2D eigenvalue weighted by Gasteiger charge is -2.20. The van der Waals surface area contributed by atoms with Gasteiger partial charge >= 0.3 is 5.97 Å². The van der Waals surface area contributed by atoms with Crippen LogP contribution in [0.5, 0.6) is 0 Å². The minimum Gasteiger partial charge on any atom is -0.465 e. The van der Waals surface area contributed by atoms with Crippen LogP contribution in [0, 0.1) is 5.82 Å². The Morgan fingerprint density at radius 3 is 2.56 bits per heavy atom. The zero-order chi connectivity index (χ0) is 18.0. The first kappa shape index (κ1) is 17.4. The van der Waals surface area contributed by atoms with Crippen LogP contribution in [-0.4, -0.2) is 17.6 Å². The maximum atomic E-state index is 13.2. The Bertz CT molecular complexity index is 867. The predicted octanol–water partition coefficient (Wildman–Crippen LogP) is 5.05. The molecule has 4 nitrogen and oxygen atoms in total. The molecule has 2 heterocycles. The number of rotatable bonds is 5. The van der Waals surface area contributed by atoms with Gasteiger partial charge < -0.3 is 9.15 Å². The molecule has 0 atom stereocenters. The van der Waals surface area contributed by atoms with Gasteiger partial charge in [0, 0.05) is 16.5 Å². The van der Waals surface area contributed by atoms with E-state index in [0.717, 1.165) is 5.56 Å². The van der Waals surface area contributed by atoms with E-state index in [9.17, 15) is 9.18 Å². The number of ether oxygens (including phenoxy) is 1. The number of esters is 1. The Morgan fingerprint density at radius 1 is 1.24 bits per heavy atom. The molecular formula is C19H18FNO3S. The summed E-state index contributed by atoms with van der Waals surface area (Å²) in [6, 6.07) is 7.80. The van der Waals surface area contributed by atoms with E-state index in [0.29, 0.717) is 29.5 Å². The average Bonchev–Trinajstić information content (AvgIpc) is 3.25. The molecular weight excluding hydrogens is 341 g/mol. The summed E-state index contributed by atoms with van der Waals surface area (Å²) in [4.78, 5) is 17.0. The van der Waals surface area contributed by atoms with Crippen LogP contribution in [-0.2, 0) is 14.9 Å². The van der Waals surface area contributed by atoms with Gasteiger partial charge in [0.25, 0.3) is 0 Å². The summed E-state index contributed by atoms with van der Waals surface area (Å²) in [6.45, 7) is 5.57. The van der Waals surface area contributed by atoms with Gasteiger partial charge in [0.15, 0.2) is 5.76 Å². The van der Waals surface area contributed by atoms with Gasteiger partial charge in [-0.05, 0) is 56.5 Å². The van der Waals surface area contributed by atoms with Crippen LogP contribution in [0.1, 0.15) is 26.5 Å². The standard InChI is InChI=1S/C19H18FNO3S/c1-4-23-18(22)19(2,3)16-15(13-9-10-25-11-13)24-17(21-16)12-5-7-14(20)8-6-12/h5-11H,4H2,1-3H3. The number of carbonyl (C=O) groups excluding carboxylic acids is 1. The van der Waals surface area contributed by atoms with Crippen molar-refractivity contribution in [2.75, 3.05) is 6.61 Å². The van der Waals surface area contributed by atoms with Crippen molar-refractivity contribution in [1.82, 2.24) is 4.98 Å². The number of oxazole rings is 1. The monoisotopic (exact) mass is 359 g/mol. The van der Waals surface area contributed by atoms with Gasteiger partial charge in [0.1, 0.15) is 16.9 Å². The molecule has 0 aliphatic heterocycles. The van der Waals surface area contributed by atoms with Crippen molar-refractivity contribution < 1.29 is 18.3 Å². The summed E-state index contributed by atoms with van der Waals surface area (Å²) in [5.74, 6) is 0.165. The lowest BCUT2D eigenvalue weighted by atomic mass is 9.87. The highest BCUT2D eigenvalue weighted by Crippen LogP contribution is 2.38. The molecule has 0 aliphatic carbocycles. The number of aromatic nitrogens is 1. The van der Waals surface area contributed by atoms with Crippen LogP contribution < -0.4 is 0 Å². The van der Waals surface area contributed by atoms with Crippen molar-refractivity contribution in [1.29, 1.82) is 0 Å². The molecule has 0 unspecified atom stereocenters. The second-order valence-corrected chi connectivity index (χ2v) is 6.84. The fourth-order valence-electron chi connectivity index (χ4n) is 2.46. The molecule has 0 radical (unpaired) electrons. The van der Waals surface area contributed by atoms with E-state index < -0.39 is 5.41 Å². The Kier molecular flexibility index (Phi) is 4.72. The molecule has 0 amide bonds. The number of nitrogens with zero attached hydrogens (tertiary/aromatic N) is 1. The lowest BCUT2D eigenvalue weighted by Crippen LogP contribution is -2.32. The van der Waals surface area contributed by atoms with E-state index >= 15 is 0 Å². The van der Waals surface area contributed by atoms with Crippen LogP contribution >= 0.6 is 11.3 Å². The van der Waals surface area contributed by atoms with Gasteiger partial charge in [0.2, 0.25) is 5.89 Å². The van der Waals surface area contributed by atoms with Crippen LogP contribution in [0.15, 0.2) is 45.5 Å². The second-order valence-electron chi connectivity index (χ2n) is 6.06. The van der Waals surface area contributed by atoms with Gasteiger partial charge in [-0.2, -0.15) is 11.3 Å². The molecule has 0 saturated heterocycles. The summed E-state index contributed by atoms with van der Waals surface area (Å²) in [5, 5.41) is 3.86. The zero-order valence-corrected chi connectivity index (χ0v) is 15.0. The van der Waals surface area contributed by atoms with Crippen molar-refractivity contribution in [3.8, 4) is 22.8 Å². The van der Waals surface area contributed by atoms with E-state index in [1.807, 2.05) is 16.8 Å². The zero-order valence-electron chi connectivity index (χ0n) is 14.2. The molecule has 0 spiro atoms. The van der Waals surface area contributed by atoms with Gasteiger partial charge in [-0.1, -0.05) is 0 Å². The highest BCUT2D eigenvalue weighted by atomic mass is 32.1. The maximum Gasteiger partial charge on any atom is 0.317 e. The topological polar surface area (TPSA) is 52.3 Å². The van der Waals surface area contributed by atoms with Crippen LogP contribution in [0.4, 0.5) is 4.39 Å². The first-order valence-electron chi connectivity index (χ1n) is 7.90. The minimum atomic E-state index is -0.977. The molecule has 0 fully saturated rings. The van der Waals surface area contributed by atoms with Crippen molar-refractivity contribution >= 4 is 17.3 Å². The molecule has 3 aromatic rings. The number of halogens is 1. The SMILES string of the molecule is CCOC(=O)C(C)(C)c1nc(-c2ccc(F)cc2)oc1-c1ccsc1. The third-order valence-corrected chi connectivity index (χ3v) is 4.56. The van der Waals surface area contributed by atoms with E-state index in [1.165, 1.54) is 23.5 Å². The first-order chi connectivity index (χ1) is 11.9. The molecule has 0 N–H and O–H groups in total. The molecule has 25 heavy (non-hydrogen) atoms. The van der Waals surface area contributed by atoms with Gasteiger partial charge in [0.05, 0.1) is 6.61 Å². The van der Waals surface area contributed by atoms with Gasteiger partial charge in [-0.15, -0.1) is 0 Å². The van der Waals surface area contributed by atoms with Crippen molar-refractivity contribution in [3.63, 3.8) is 0 Å². The Morgan fingerprint density at radius 2 is 1.96 bits per heavy atom. The Hall–Kier alpha value is -2.47. The largest absolute Gasteiger partial charge is 0.465 e.